The zero-order valence-corrected chi connectivity index (χ0v) is 39.3. The van der Waals surface area contributed by atoms with Crippen molar-refractivity contribution in [1.82, 2.24) is 14.5 Å². The zero-order chi connectivity index (χ0) is 44.4. The van der Waals surface area contributed by atoms with E-state index in [4.69, 9.17) is 13.5 Å². The molecule has 0 saturated heterocycles. The molecule has 307 valence electrons. The first-order chi connectivity index (χ1) is 30.0. The summed E-state index contributed by atoms with van der Waals surface area (Å²) in [6, 6.07) is 50.3. The Hall–Kier alpha value is -5.65. The van der Waals surface area contributed by atoms with Gasteiger partial charge < -0.3 is 14.0 Å². The average molecular weight is 993 g/mol. The van der Waals surface area contributed by atoms with Crippen LogP contribution in [0.3, 0.4) is 0 Å². The molecule has 4 nitrogen and oxygen atoms in total. The van der Waals surface area contributed by atoms with Gasteiger partial charge in [-0.1, -0.05) is 138 Å². The van der Waals surface area contributed by atoms with Crippen molar-refractivity contribution in [2.45, 2.75) is 72.9 Å². The van der Waals surface area contributed by atoms with Crippen LogP contribution in [0.15, 0.2) is 138 Å². The van der Waals surface area contributed by atoms with E-state index < -0.39 is 14.9 Å². The molecule has 0 aliphatic rings. The number of para-hydroxylation sites is 2. The summed E-state index contributed by atoms with van der Waals surface area (Å²) in [7, 11) is -1.34. The van der Waals surface area contributed by atoms with E-state index in [2.05, 4.69) is 173 Å². The smallest absolute Gasteiger partial charge is 0.121 e. The van der Waals surface area contributed by atoms with Gasteiger partial charge in [0.25, 0.3) is 0 Å². The van der Waals surface area contributed by atoms with E-state index in [0.29, 0.717) is 17.4 Å². The fourth-order valence-corrected chi connectivity index (χ4v) is 9.37. The zero-order valence-electron chi connectivity index (χ0n) is 38.9. The van der Waals surface area contributed by atoms with Gasteiger partial charge in [-0.05, 0) is 86.6 Å². The predicted molar refractivity (Wildman–Crippen MR) is 257 cm³/mol. The first-order valence-corrected chi connectivity index (χ1v) is 24.4. The Morgan fingerprint density at radius 1 is 0.656 bits per heavy atom. The fourth-order valence-electron chi connectivity index (χ4n) is 8.34. The average Bonchev–Trinajstić information content (AvgIpc) is 3.82. The van der Waals surface area contributed by atoms with Crippen LogP contribution in [0.25, 0.3) is 82.8 Å². The van der Waals surface area contributed by atoms with Crippen molar-refractivity contribution in [3.8, 4) is 28.3 Å². The van der Waals surface area contributed by atoms with Crippen molar-refractivity contribution < 1.29 is 28.6 Å². The monoisotopic (exact) mass is 993 g/mol. The van der Waals surface area contributed by atoms with E-state index >= 15 is 0 Å². The molecule has 0 aliphatic heterocycles. The van der Waals surface area contributed by atoms with Crippen molar-refractivity contribution in [3.63, 3.8) is 0 Å². The minimum absolute atomic E-state index is 0. The number of aryl methyl sites for hydroxylation is 2. The molecule has 6 heteroatoms. The second kappa shape index (κ2) is 16.7. The summed E-state index contributed by atoms with van der Waals surface area (Å²) in [5, 5.41) is 8.40. The minimum Gasteiger partial charge on any atom is -0.500 e. The van der Waals surface area contributed by atoms with Gasteiger partial charge in [-0.15, -0.1) is 59.2 Å². The Morgan fingerprint density at radius 2 is 1.36 bits per heavy atom. The molecule has 0 spiro atoms. The normalized spacial score (nSPS) is 12.8. The summed E-state index contributed by atoms with van der Waals surface area (Å²) in [4.78, 5) is 9.72. The third kappa shape index (κ3) is 8.01. The summed E-state index contributed by atoms with van der Waals surface area (Å²) in [5.74, 6) is 1.61. The van der Waals surface area contributed by atoms with Gasteiger partial charge in [-0.3, -0.25) is 4.98 Å². The third-order valence-electron chi connectivity index (χ3n) is 11.6. The van der Waals surface area contributed by atoms with Crippen molar-refractivity contribution in [1.29, 1.82) is 0 Å². The van der Waals surface area contributed by atoms with Crippen LogP contribution in [0.5, 0.6) is 0 Å². The predicted octanol–water partition coefficient (Wildman–Crippen LogP) is 14.7. The molecule has 0 saturated carbocycles. The fraction of sp³-hybridized carbons (Fsp3) is 0.200. The number of nitrogens with zero attached hydrogens (tertiary/aromatic N) is 3. The molecule has 10 rings (SSSR count). The van der Waals surface area contributed by atoms with E-state index in [1.807, 2.05) is 18.3 Å². The van der Waals surface area contributed by atoms with Crippen LogP contribution in [0.4, 0.5) is 0 Å². The maximum Gasteiger partial charge on any atom is 0.121 e. The summed E-state index contributed by atoms with van der Waals surface area (Å²) in [6.07, 6.45) is 1.92. The molecule has 0 fully saturated rings. The van der Waals surface area contributed by atoms with Gasteiger partial charge >= 0.3 is 0 Å². The molecule has 61 heavy (non-hydrogen) atoms. The summed E-state index contributed by atoms with van der Waals surface area (Å²) in [6.45, 7) is 16.1. The number of fused-ring (bicyclic) bond motifs is 7. The maximum absolute atomic E-state index is 7.35. The topological polar surface area (TPSA) is 43.9 Å². The SMILES string of the molecule is Cc1cc(C(C)C)c(-n2c(-c3[c-]cc4oc5cc6ccc7ccccc7c6cc5c4c3)nc3ccccc32)c(C(C)C)c1.[2H]C([2H])([2H])c1c[c-]c(-c2ccc([Si](C)(C)C)cn2)cc1.[Ir]. The largest absolute Gasteiger partial charge is 0.500 e. The molecule has 0 aliphatic carbocycles. The van der Waals surface area contributed by atoms with E-state index in [1.54, 1.807) is 12.1 Å². The van der Waals surface area contributed by atoms with E-state index in [0.717, 1.165) is 55.6 Å². The number of pyridine rings is 1. The molecule has 7 aromatic carbocycles. The van der Waals surface area contributed by atoms with E-state index in [1.165, 1.54) is 55.2 Å². The molecule has 0 atom stereocenters. The Bertz CT molecular complexity index is 3240. The van der Waals surface area contributed by atoms with Gasteiger partial charge in [0, 0.05) is 41.5 Å². The van der Waals surface area contributed by atoms with Crippen LogP contribution < -0.4 is 5.19 Å². The second-order valence-electron chi connectivity index (χ2n) is 17.6. The number of hydrogen-bond acceptors (Lipinski definition) is 3. The number of aromatic nitrogens is 3. The number of hydrogen-bond donors (Lipinski definition) is 0. The van der Waals surface area contributed by atoms with Gasteiger partial charge in [0.1, 0.15) is 5.58 Å². The van der Waals surface area contributed by atoms with Crippen molar-refractivity contribution in [2.75, 3.05) is 0 Å². The quantitative estimate of drug-likeness (QED) is 0.0947. The Balaban J connectivity index is 0.000000225. The van der Waals surface area contributed by atoms with Crippen LogP contribution >= 0.6 is 0 Å². The van der Waals surface area contributed by atoms with Gasteiger partial charge in [0.05, 0.1) is 30.5 Å². The van der Waals surface area contributed by atoms with Crippen LogP contribution in [-0.2, 0) is 20.1 Å². The number of rotatable bonds is 6. The van der Waals surface area contributed by atoms with Crippen LogP contribution in [0.1, 0.15) is 65.9 Å². The van der Waals surface area contributed by atoms with Crippen LogP contribution in [0.2, 0.25) is 19.6 Å². The number of imidazole rings is 1. The molecule has 1 radical (unpaired) electrons. The molecular weight excluding hydrogens is 939 g/mol. The number of benzene rings is 7. The molecule has 0 unspecified atom stereocenters. The van der Waals surface area contributed by atoms with Gasteiger partial charge in [0.2, 0.25) is 0 Å². The third-order valence-corrected chi connectivity index (χ3v) is 13.6. The first-order valence-electron chi connectivity index (χ1n) is 22.4. The van der Waals surface area contributed by atoms with Gasteiger partial charge in [-0.25, -0.2) is 0 Å². The molecule has 10 aromatic rings. The van der Waals surface area contributed by atoms with Crippen LogP contribution in [0, 0.1) is 25.9 Å². The molecule has 3 heterocycles. The summed E-state index contributed by atoms with van der Waals surface area (Å²) < 4.78 is 30.8. The van der Waals surface area contributed by atoms with Crippen LogP contribution in [-0.4, -0.2) is 22.6 Å². The Morgan fingerprint density at radius 3 is 2.05 bits per heavy atom. The molecule has 0 bridgehead atoms. The van der Waals surface area contributed by atoms with E-state index in [9.17, 15) is 0 Å². The molecular formula is C55H51IrN3OSi-2. The van der Waals surface area contributed by atoms with Crippen molar-refractivity contribution in [2.24, 2.45) is 0 Å². The summed E-state index contributed by atoms with van der Waals surface area (Å²) in [5.41, 5.74) is 11.9. The Kier molecular flexibility index (Phi) is 10.5. The standard InChI is InChI=1S/C40H33N2O.C15H18NSi.Ir/c1-23(2)30-18-25(5)19-31(24(3)4)39(30)42-36-13-9-8-12-35(36)41-40(42)28-16-17-37-33(20-28)34-22-32-27(21-38(34)43-37)15-14-26-10-6-7-11-29(26)32;1-12-5-7-13(8-6-12)15-10-9-14(11-16-15)17(2,3)4;/h6-15,17-24H,1-5H3;5-7,9-11H,1-4H3;/q2*-1;/i;1D3;. The van der Waals surface area contributed by atoms with Crippen molar-refractivity contribution in [3.05, 3.63) is 168 Å². The maximum atomic E-state index is 7.35. The van der Waals surface area contributed by atoms with Crippen molar-refractivity contribution >= 4 is 67.8 Å². The molecule has 0 N–H and O–H groups in total. The summed E-state index contributed by atoms with van der Waals surface area (Å²) >= 11 is 0. The number of furan rings is 1. The second-order valence-corrected chi connectivity index (χ2v) is 22.7. The minimum atomic E-state index is -2.08. The molecule has 3 aromatic heterocycles. The van der Waals surface area contributed by atoms with Gasteiger partial charge in [0.15, 0.2) is 0 Å². The van der Waals surface area contributed by atoms with Gasteiger partial charge in [-0.2, -0.15) is 0 Å². The Labute approximate surface area is 378 Å². The van der Waals surface area contributed by atoms with E-state index in [-0.39, 0.29) is 20.1 Å². The first kappa shape index (κ1) is 38.3. The molecule has 0 amide bonds.